The molecule has 0 saturated heterocycles. The second-order valence-corrected chi connectivity index (χ2v) is 5.43. The average Bonchev–Trinajstić information content (AvgIpc) is 2.30. The fourth-order valence-electron chi connectivity index (χ4n) is 2.26. The zero-order valence-electron chi connectivity index (χ0n) is 10.4. The highest BCUT2D eigenvalue weighted by Crippen LogP contribution is 2.40. The van der Waals surface area contributed by atoms with Crippen molar-refractivity contribution in [1.82, 2.24) is 5.32 Å². The number of fused-ring (bicyclic) bond motifs is 1. The zero-order chi connectivity index (χ0) is 13.1. The Kier molecular flexibility index (Phi) is 4.55. The van der Waals surface area contributed by atoms with Gasteiger partial charge in [0.15, 0.2) is 0 Å². The SMILES string of the molecule is C=CCC(C)NC1CCOc2c(Cl)cc(Cl)cc21. The number of hydrogen-bond acceptors (Lipinski definition) is 2. The van der Waals surface area contributed by atoms with E-state index in [9.17, 15) is 0 Å². The van der Waals surface area contributed by atoms with Gasteiger partial charge in [0, 0.05) is 29.1 Å². The summed E-state index contributed by atoms with van der Waals surface area (Å²) in [5.74, 6) is 0.760. The van der Waals surface area contributed by atoms with E-state index >= 15 is 0 Å². The molecule has 0 fully saturated rings. The van der Waals surface area contributed by atoms with Gasteiger partial charge in [-0.15, -0.1) is 6.58 Å². The van der Waals surface area contributed by atoms with Crippen molar-refractivity contribution >= 4 is 23.2 Å². The molecule has 1 aliphatic rings. The third kappa shape index (κ3) is 3.00. The Bertz CT molecular complexity index is 448. The second kappa shape index (κ2) is 5.96. The zero-order valence-corrected chi connectivity index (χ0v) is 11.9. The van der Waals surface area contributed by atoms with E-state index in [2.05, 4.69) is 18.8 Å². The lowest BCUT2D eigenvalue weighted by Gasteiger charge is -2.29. The topological polar surface area (TPSA) is 21.3 Å². The molecule has 2 atom stereocenters. The predicted octanol–water partition coefficient (Wildman–Crippen LogP) is 4.37. The third-order valence-corrected chi connectivity index (χ3v) is 3.57. The van der Waals surface area contributed by atoms with Crippen molar-refractivity contribution in [3.63, 3.8) is 0 Å². The number of benzene rings is 1. The van der Waals surface area contributed by atoms with Crippen LogP contribution in [0.2, 0.25) is 10.0 Å². The summed E-state index contributed by atoms with van der Waals surface area (Å²) < 4.78 is 5.63. The van der Waals surface area contributed by atoms with Crippen molar-refractivity contribution in [2.75, 3.05) is 6.61 Å². The quantitative estimate of drug-likeness (QED) is 0.830. The summed E-state index contributed by atoms with van der Waals surface area (Å²) >= 11 is 12.2. The molecule has 0 aromatic heterocycles. The molecule has 0 radical (unpaired) electrons. The number of rotatable bonds is 4. The maximum absolute atomic E-state index is 6.16. The standard InChI is InChI=1S/C14H17Cl2NO/c1-3-4-9(2)17-13-5-6-18-14-11(13)7-10(15)8-12(14)16/h3,7-9,13,17H,1,4-6H2,2H3. The van der Waals surface area contributed by atoms with E-state index in [1.54, 1.807) is 6.07 Å². The Balaban J connectivity index is 2.24. The Morgan fingerprint density at radius 3 is 3.06 bits per heavy atom. The van der Waals surface area contributed by atoms with Crippen LogP contribution in [0.5, 0.6) is 5.75 Å². The number of ether oxygens (including phenoxy) is 1. The monoisotopic (exact) mass is 285 g/mol. The van der Waals surface area contributed by atoms with E-state index in [0.717, 1.165) is 24.2 Å². The molecule has 0 bridgehead atoms. The Hall–Kier alpha value is -0.700. The van der Waals surface area contributed by atoms with Gasteiger partial charge in [-0.3, -0.25) is 0 Å². The minimum absolute atomic E-state index is 0.236. The van der Waals surface area contributed by atoms with E-state index in [4.69, 9.17) is 27.9 Å². The molecule has 1 aliphatic heterocycles. The van der Waals surface area contributed by atoms with Gasteiger partial charge >= 0.3 is 0 Å². The van der Waals surface area contributed by atoms with Gasteiger partial charge in [-0.25, -0.2) is 0 Å². The van der Waals surface area contributed by atoms with Gasteiger partial charge in [-0.1, -0.05) is 29.3 Å². The van der Waals surface area contributed by atoms with Crippen LogP contribution in [0.15, 0.2) is 24.8 Å². The first-order valence-corrected chi connectivity index (χ1v) is 6.86. The highest BCUT2D eigenvalue weighted by molar-refractivity contribution is 6.35. The highest BCUT2D eigenvalue weighted by atomic mass is 35.5. The van der Waals surface area contributed by atoms with Gasteiger partial charge in [0.2, 0.25) is 0 Å². The molecule has 2 nitrogen and oxygen atoms in total. The first-order valence-electron chi connectivity index (χ1n) is 6.10. The van der Waals surface area contributed by atoms with Gasteiger partial charge in [-0.05, 0) is 25.5 Å². The average molecular weight is 286 g/mol. The van der Waals surface area contributed by atoms with Crippen LogP contribution in [-0.2, 0) is 0 Å². The molecule has 2 rings (SSSR count). The molecule has 0 amide bonds. The van der Waals surface area contributed by atoms with Gasteiger partial charge in [-0.2, -0.15) is 0 Å². The van der Waals surface area contributed by atoms with Crippen LogP contribution in [0.25, 0.3) is 0 Å². The van der Waals surface area contributed by atoms with Crippen molar-refractivity contribution in [2.45, 2.75) is 31.8 Å². The maximum atomic E-state index is 6.16. The normalized spacial score (nSPS) is 19.8. The first-order chi connectivity index (χ1) is 8.61. The molecule has 1 heterocycles. The minimum Gasteiger partial charge on any atom is -0.492 e. The Morgan fingerprint density at radius 2 is 2.33 bits per heavy atom. The molecule has 0 spiro atoms. The van der Waals surface area contributed by atoms with Crippen molar-refractivity contribution in [1.29, 1.82) is 0 Å². The van der Waals surface area contributed by atoms with Crippen LogP contribution in [0.1, 0.15) is 31.4 Å². The van der Waals surface area contributed by atoms with Crippen molar-refractivity contribution in [3.8, 4) is 5.75 Å². The summed E-state index contributed by atoms with van der Waals surface area (Å²) in [5.41, 5.74) is 1.05. The molecule has 1 N–H and O–H groups in total. The Morgan fingerprint density at radius 1 is 1.56 bits per heavy atom. The molecular formula is C14H17Cl2NO. The molecule has 0 saturated carbocycles. The van der Waals surface area contributed by atoms with Crippen LogP contribution < -0.4 is 10.1 Å². The largest absolute Gasteiger partial charge is 0.492 e. The van der Waals surface area contributed by atoms with Gasteiger partial charge in [0.1, 0.15) is 5.75 Å². The smallest absolute Gasteiger partial charge is 0.142 e. The summed E-state index contributed by atoms with van der Waals surface area (Å²) in [6.07, 6.45) is 3.77. The summed E-state index contributed by atoms with van der Waals surface area (Å²) in [5, 5.41) is 4.79. The summed E-state index contributed by atoms with van der Waals surface area (Å²) in [6, 6.07) is 4.26. The van der Waals surface area contributed by atoms with Crippen LogP contribution in [0, 0.1) is 0 Å². The predicted molar refractivity (Wildman–Crippen MR) is 76.7 cm³/mol. The fourth-order valence-corrected chi connectivity index (χ4v) is 2.82. The molecule has 18 heavy (non-hydrogen) atoms. The van der Waals surface area contributed by atoms with Gasteiger partial charge in [0.05, 0.1) is 11.6 Å². The molecule has 1 aromatic rings. The molecule has 98 valence electrons. The van der Waals surface area contributed by atoms with Crippen molar-refractivity contribution in [2.24, 2.45) is 0 Å². The number of hydrogen-bond donors (Lipinski definition) is 1. The fraction of sp³-hybridized carbons (Fsp3) is 0.429. The highest BCUT2D eigenvalue weighted by Gasteiger charge is 2.24. The van der Waals surface area contributed by atoms with Crippen LogP contribution in [0.4, 0.5) is 0 Å². The third-order valence-electron chi connectivity index (χ3n) is 3.07. The van der Waals surface area contributed by atoms with Crippen molar-refractivity contribution in [3.05, 3.63) is 40.4 Å². The molecule has 1 aromatic carbocycles. The molecule has 0 aliphatic carbocycles. The molecular weight excluding hydrogens is 269 g/mol. The lowest BCUT2D eigenvalue weighted by atomic mass is 9.99. The van der Waals surface area contributed by atoms with Crippen molar-refractivity contribution < 1.29 is 4.74 Å². The lowest BCUT2D eigenvalue weighted by molar-refractivity contribution is 0.246. The summed E-state index contributed by atoms with van der Waals surface area (Å²) in [4.78, 5) is 0. The summed E-state index contributed by atoms with van der Waals surface area (Å²) in [7, 11) is 0. The molecule has 4 heteroatoms. The van der Waals surface area contributed by atoms with E-state index in [-0.39, 0.29) is 6.04 Å². The number of halogens is 2. The second-order valence-electron chi connectivity index (χ2n) is 4.59. The van der Waals surface area contributed by atoms with Gasteiger partial charge < -0.3 is 10.1 Å². The minimum atomic E-state index is 0.236. The van der Waals surface area contributed by atoms with Crippen LogP contribution in [0.3, 0.4) is 0 Å². The first kappa shape index (κ1) is 13.7. The van der Waals surface area contributed by atoms with Crippen LogP contribution in [-0.4, -0.2) is 12.6 Å². The van der Waals surface area contributed by atoms with E-state index < -0.39 is 0 Å². The Labute approximate surface area is 118 Å². The van der Waals surface area contributed by atoms with Crippen LogP contribution >= 0.6 is 23.2 Å². The lowest BCUT2D eigenvalue weighted by Crippen LogP contribution is -2.33. The maximum Gasteiger partial charge on any atom is 0.142 e. The van der Waals surface area contributed by atoms with E-state index in [1.165, 1.54) is 0 Å². The molecule has 2 unspecified atom stereocenters. The number of nitrogens with one attached hydrogen (secondary N) is 1. The summed E-state index contributed by atoms with van der Waals surface area (Å²) in [6.45, 7) is 6.57. The van der Waals surface area contributed by atoms with E-state index in [0.29, 0.717) is 22.7 Å². The van der Waals surface area contributed by atoms with E-state index in [1.807, 2.05) is 12.1 Å². The van der Waals surface area contributed by atoms with Gasteiger partial charge in [0.25, 0.3) is 0 Å².